The molecule has 0 atom stereocenters. The Balaban J connectivity index is 1.65. The number of pyridine rings is 1. The molecule has 4 rings (SSSR count). The maximum atomic E-state index is 13.9. The number of rotatable bonds is 6. The van der Waals surface area contributed by atoms with Crippen LogP contribution in [0.15, 0.2) is 53.6 Å². The molecular formula is C22H20FN3O3. The molecule has 0 saturated carbocycles. The van der Waals surface area contributed by atoms with Gasteiger partial charge in [0.25, 0.3) is 5.56 Å². The molecule has 0 N–H and O–H groups in total. The monoisotopic (exact) mass is 393 g/mol. The minimum absolute atomic E-state index is 0.0499. The van der Waals surface area contributed by atoms with Crippen LogP contribution in [0.4, 0.5) is 4.39 Å². The van der Waals surface area contributed by atoms with Gasteiger partial charge in [-0.25, -0.2) is 4.39 Å². The second kappa shape index (κ2) is 7.50. The summed E-state index contributed by atoms with van der Waals surface area (Å²) in [6, 6.07) is 9.69. The summed E-state index contributed by atoms with van der Waals surface area (Å²) in [6.45, 7) is 2.03. The molecule has 0 aliphatic carbocycles. The summed E-state index contributed by atoms with van der Waals surface area (Å²) >= 11 is 0. The smallest absolute Gasteiger partial charge is 0.275 e. The minimum atomic E-state index is -0.428. The summed E-state index contributed by atoms with van der Waals surface area (Å²) in [6.07, 6.45) is 3.68. The molecule has 0 amide bonds. The Morgan fingerprint density at radius 1 is 1.17 bits per heavy atom. The van der Waals surface area contributed by atoms with E-state index < -0.39 is 5.82 Å². The van der Waals surface area contributed by atoms with Gasteiger partial charge >= 0.3 is 0 Å². The van der Waals surface area contributed by atoms with Gasteiger partial charge in [-0.05, 0) is 48.9 Å². The van der Waals surface area contributed by atoms with Crippen LogP contribution in [0.5, 0.6) is 5.75 Å². The molecule has 0 aliphatic heterocycles. The predicted octanol–water partition coefficient (Wildman–Crippen LogP) is 3.31. The molecule has 3 aromatic heterocycles. The lowest BCUT2D eigenvalue weighted by atomic mass is 10.1. The van der Waals surface area contributed by atoms with Crippen molar-refractivity contribution >= 4 is 22.3 Å². The standard InChI is InChI=1S/C22H20FN3O3/c1-14-7-9-25-19-6-3-15(23)11-20(19)26(22(28)21(14)25)10-8-17(27)12-16-4-5-18(29-2)13-24-16/h3-7,9,11,13H,8,10,12H2,1-2H3. The topological polar surface area (TPSA) is 65.6 Å². The maximum Gasteiger partial charge on any atom is 0.275 e. The number of fused-ring (bicyclic) bond motifs is 3. The molecular weight excluding hydrogens is 373 g/mol. The Hall–Kier alpha value is -3.48. The van der Waals surface area contributed by atoms with Crippen LogP contribution in [-0.2, 0) is 17.8 Å². The van der Waals surface area contributed by atoms with Gasteiger partial charge in [0.15, 0.2) is 0 Å². The van der Waals surface area contributed by atoms with Crippen molar-refractivity contribution in [3.8, 4) is 5.75 Å². The van der Waals surface area contributed by atoms with E-state index in [9.17, 15) is 14.0 Å². The molecule has 29 heavy (non-hydrogen) atoms. The minimum Gasteiger partial charge on any atom is -0.495 e. The van der Waals surface area contributed by atoms with Crippen LogP contribution in [0.25, 0.3) is 16.6 Å². The van der Waals surface area contributed by atoms with E-state index in [4.69, 9.17) is 4.74 Å². The lowest BCUT2D eigenvalue weighted by Crippen LogP contribution is -2.24. The Morgan fingerprint density at radius 2 is 2.00 bits per heavy atom. The predicted molar refractivity (Wildman–Crippen MR) is 108 cm³/mol. The molecule has 0 spiro atoms. The van der Waals surface area contributed by atoms with E-state index in [2.05, 4.69) is 4.98 Å². The van der Waals surface area contributed by atoms with Crippen molar-refractivity contribution in [1.29, 1.82) is 0 Å². The molecule has 7 heteroatoms. The molecule has 4 aromatic rings. The lowest BCUT2D eigenvalue weighted by molar-refractivity contribution is -0.118. The normalized spacial score (nSPS) is 11.3. The summed E-state index contributed by atoms with van der Waals surface area (Å²) in [7, 11) is 1.55. The van der Waals surface area contributed by atoms with Gasteiger partial charge in [-0.1, -0.05) is 0 Å². The number of benzene rings is 1. The van der Waals surface area contributed by atoms with Crippen molar-refractivity contribution in [2.45, 2.75) is 26.3 Å². The van der Waals surface area contributed by atoms with Gasteiger partial charge in [0.1, 0.15) is 22.9 Å². The van der Waals surface area contributed by atoms with Crippen molar-refractivity contribution in [1.82, 2.24) is 14.0 Å². The number of Topliss-reactive ketones (excluding diaryl/α,β-unsaturated/α-hetero) is 1. The van der Waals surface area contributed by atoms with Gasteiger partial charge in [-0.2, -0.15) is 0 Å². The number of halogens is 1. The van der Waals surface area contributed by atoms with E-state index in [1.165, 1.54) is 16.7 Å². The first-order chi connectivity index (χ1) is 14.0. The van der Waals surface area contributed by atoms with E-state index in [-0.39, 0.29) is 30.7 Å². The highest BCUT2D eigenvalue weighted by atomic mass is 19.1. The lowest BCUT2D eigenvalue weighted by Gasteiger charge is -2.13. The SMILES string of the molecule is COc1ccc(CC(=O)CCn2c(=O)c3c(C)ccn3c3ccc(F)cc32)nc1. The van der Waals surface area contributed by atoms with Crippen molar-refractivity contribution in [3.05, 3.63) is 76.2 Å². The molecule has 0 unspecified atom stereocenters. The largest absolute Gasteiger partial charge is 0.495 e. The number of ether oxygens (including phenoxy) is 1. The summed E-state index contributed by atoms with van der Waals surface area (Å²) in [4.78, 5) is 29.7. The van der Waals surface area contributed by atoms with Gasteiger partial charge in [0.05, 0.1) is 24.3 Å². The van der Waals surface area contributed by atoms with E-state index >= 15 is 0 Å². The van der Waals surface area contributed by atoms with Crippen LogP contribution < -0.4 is 10.3 Å². The number of hydrogen-bond acceptors (Lipinski definition) is 4. The molecule has 0 aliphatic rings. The van der Waals surface area contributed by atoms with Crippen LogP contribution in [-0.4, -0.2) is 26.8 Å². The van der Waals surface area contributed by atoms with Crippen LogP contribution in [0, 0.1) is 12.7 Å². The third kappa shape index (κ3) is 3.51. The zero-order valence-electron chi connectivity index (χ0n) is 16.2. The van der Waals surface area contributed by atoms with Crippen LogP contribution in [0.2, 0.25) is 0 Å². The van der Waals surface area contributed by atoms with Gasteiger partial charge in [-0.15, -0.1) is 0 Å². The first-order valence-corrected chi connectivity index (χ1v) is 9.28. The van der Waals surface area contributed by atoms with E-state index in [1.54, 1.807) is 42.1 Å². The van der Waals surface area contributed by atoms with E-state index in [0.717, 1.165) is 11.1 Å². The Labute approximate surface area is 166 Å². The number of aromatic nitrogens is 3. The van der Waals surface area contributed by atoms with E-state index in [0.29, 0.717) is 22.5 Å². The van der Waals surface area contributed by atoms with Crippen LogP contribution in [0.3, 0.4) is 0 Å². The highest BCUT2D eigenvalue weighted by Gasteiger charge is 2.15. The Morgan fingerprint density at radius 3 is 2.72 bits per heavy atom. The molecule has 0 radical (unpaired) electrons. The molecule has 6 nitrogen and oxygen atoms in total. The van der Waals surface area contributed by atoms with Crippen LogP contribution in [0.1, 0.15) is 17.7 Å². The van der Waals surface area contributed by atoms with Crippen molar-refractivity contribution in [2.24, 2.45) is 0 Å². The summed E-state index contributed by atoms with van der Waals surface area (Å²) in [5.41, 5.74) is 2.96. The zero-order chi connectivity index (χ0) is 20.5. The van der Waals surface area contributed by atoms with Gasteiger partial charge in [0.2, 0.25) is 0 Å². The third-order valence-electron chi connectivity index (χ3n) is 5.05. The first kappa shape index (κ1) is 18.9. The number of nitrogens with zero attached hydrogens (tertiary/aromatic N) is 3. The molecule has 3 heterocycles. The average Bonchev–Trinajstić information content (AvgIpc) is 3.10. The molecule has 1 aromatic carbocycles. The van der Waals surface area contributed by atoms with E-state index in [1.807, 2.05) is 13.0 Å². The summed E-state index contributed by atoms with van der Waals surface area (Å²) in [5.74, 6) is 0.144. The average molecular weight is 393 g/mol. The van der Waals surface area contributed by atoms with Crippen molar-refractivity contribution in [3.63, 3.8) is 0 Å². The third-order valence-corrected chi connectivity index (χ3v) is 5.05. The van der Waals surface area contributed by atoms with Gasteiger partial charge in [-0.3, -0.25) is 14.6 Å². The second-order valence-corrected chi connectivity index (χ2v) is 6.96. The highest BCUT2D eigenvalue weighted by Crippen LogP contribution is 2.19. The van der Waals surface area contributed by atoms with Gasteiger partial charge < -0.3 is 13.7 Å². The fourth-order valence-corrected chi connectivity index (χ4v) is 3.54. The number of carbonyl (C=O) groups excluding carboxylic acids is 1. The molecule has 0 saturated heterocycles. The Bertz CT molecular complexity index is 1270. The summed E-state index contributed by atoms with van der Waals surface area (Å²) in [5, 5.41) is 0. The number of hydrogen-bond donors (Lipinski definition) is 0. The van der Waals surface area contributed by atoms with Gasteiger partial charge in [0, 0.05) is 31.3 Å². The first-order valence-electron chi connectivity index (χ1n) is 9.28. The quantitative estimate of drug-likeness (QED) is 0.504. The number of methoxy groups -OCH3 is 1. The fourth-order valence-electron chi connectivity index (χ4n) is 3.54. The number of ketones is 1. The molecule has 148 valence electrons. The summed E-state index contributed by atoms with van der Waals surface area (Å²) < 4.78 is 22.2. The number of aryl methyl sites for hydroxylation is 2. The Kier molecular flexibility index (Phi) is 4.88. The maximum absolute atomic E-state index is 13.9. The molecule has 0 bridgehead atoms. The number of carbonyl (C=O) groups is 1. The van der Waals surface area contributed by atoms with Crippen molar-refractivity contribution < 1.29 is 13.9 Å². The highest BCUT2D eigenvalue weighted by molar-refractivity contribution is 5.82. The van der Waals surface area contributed by atoms with Crippen LogP contribution >= 0.6 is 0 Å². The second-order valence-electron chi connectivity index (χ2n) is 6.96. The zero-order valence-corrected chi connectivity index (χ0v) is 16.2. The molecule has 0 fully saturated rings. The van der Waals surface area contributed by atoms with Crippen molar-refractivity contribution in [2.75, 3.05) is 7.11 Å². The fraction of sp³-hybridized carbons (Fsp3) is 0.227.